The summed E-state index contributed by atoms with van der Waals surface area (Å²) in [6.45, 7) is 6.80. The van der Waals surface area contributed by atoms with Crippen LogP contribution in [0, 0.1) is 16.7 Å². The first kappa shape index (κ1) is 13.9. The lowest BCUT2D eigenvalue weighted by molar-refractivity contribution is -0.151. The summed E-state index contributed by atoms with van der Waals surface area (Å²) in [4.78, 5) is 11.5. The lowest BCUT2D eigenvalue weighted by Gasteiger charge is -2.24. The van der Waals surface area contributed by atoms with Gasteiger partial charge >= 0.3 is 5.97 Å². The molecule has 0 aromatic rings. The van der Waals surface area contributed by atoms with Crippen LogP contribution >= 0.6 is 0 Å². The summed E-state index contributed by atoms with van der Waals surface area (Å²) < 4.78 is 4.82. The fourth-order valence-corrected chi connectivity index (χ4v) is 1.05. The molecule has 0 saturated carbocycles. The highest BCUT2D eigenvalue weighted by Crippen LogP contribution is 2.27. The number of carbonyl (C=O) groups excluding carboxylic acids is 1. The van der Waals surface area contributed by atoms with Gasteiger partial charge in [-0.3, -0.25) is 4.79 Å². The molecule has 0 aliphatic carbocycles. The Balaban J connectivity index is 4.46. The molecule has 0 rings (SSSR count). The standard InChI is InChI=1S/C11H19NO3/c1-5-15-9(13)11(4,8-12)7-6-10(2,3)14/h14H,5-7H2,1-4H3. The molecule has 0 fully saturated rings. The van der Waals surface area contributed by atoms with Crippen LogP contribution in [-0.4, -0.2) is 23.3 Å². The van der Waals surface area contributed by atoms with Gasteiger partial charge in [0.15, 0.2) is 5.41 Å². The quantitative estimate of drug-likeness (QED) is 0.705. The molecule has 0 bridgehead atoms. The van der Waals surface area contributed by atoms with E-state index in [1.54, 1.807) is 20.8 Å². The van der Waals surface area contributed by atoms with Gasteiger partial charge in [-0.1, -0.05) is 0 Å². The Morgan fingerprint density at radius 1 is 1.40 bits per heavy atom. The molecule has 15 heavy (non-hydrogen) atoms. The van der Waals surface area contributed by atoms with Crippen molar-refractivity contribution in [1.29, 1.82) is 5.26 Å². The Kier molecular flexibility index (Phi) is 4.76. The summed E-state index contributed by atoms with van der Waals surface area (Å²) in [6, 6.07) is 1.95. The van der Waals surface area contributed by atoms with E-state index in [0.717, 1.165) is 0 Å². The van der Waals surface area contributed by atoms with Gasteiger partial charge in [0.2, 0.25) is 0 Å². The van der Waals surface area contributed by atoms with Gasteiger partial charge in [0.05, 0.1) is 18.3 Å². The van der Waals surface area contributed by atoms with E-state index in [-0.39, 0.29) is 6.61 Å². The highest BCUT2D eigenvalue weighted by Gasteiger charge is 2.36. The second-order valence-electron chi connectivity index (χ2n) is 4.48. The number of carbonyl (C=O) groups is 1. The van der Waals surface area contributed by atoms with Gasteiger partial charge in [-0.15, -0.1) is 0 Å². The van der Waals surface area contributed by atoms with Crippen molar-refractivity contribution in [3.05, 3.63) is 0 Å². The normalized spacial score (nSPS) is 15.2. The Morgan fingerprint density at radius 2 is 1.93 bits per heavy atom. The molecule has 4 heteroatoms. The van der Waals surface area contributed by atoms with Gasteiger partial charge in [0.1, 0.15) is 0 Å². The number of rotatable bonds is 5. The lowest BCUT2D eigenvalue weighted by Crippen LogP contribution is -2.31. The lowest BCUT2D eigenvalue weighted by atomic mass is 9.83. The van der Waals surface area contributed by atoms with Crippen molar-refractivity contribution in [2.75, 3.05) is 6.61 Å². The summed E-state index contributed by atoms with van der Waals surface area (Å²) in [5, 5.41) is 18.5. The third-order valence-corrected chi connectivity index (χ3v) is 2.21. The zero-order valence-corrected chi connectivity index (χ0v) is 9.83. The molecule has 4 nitrogen and oxygen atoms in total. The monoisotopic (exact) mass is 213 g/mol. The van der Waals surface area contributed by atoms with Crippen LogP contribution in [0.5, 0.6) is 0 Å². The first-order chi connectivity index (χ1) is 6.75. The SMILES string of the molecule is CCOC(=O)C(C)(C#N)CCC(C)(C)O. The van der Waals surface area contributed by atoms with Gasteiger partial charge in [-0.25, -0.2) is 0 Å². The van der Waals surface area contributed by atoms with E-state index >= 15 is 0 Å². The summed E-state index contributed by atoms with van der Waals surface area (Å²) in [7, 11) is 0. The van der Waals surface area contributed by atoms with E-state index in [0.29, 0.717) is 12.8 Å². The van der Waals surface area contributed by atoms with Gasteiger partial charge in [0.25, 0.3) is 0 Å². The van der Waals surface area contributed by atoms with Crippen LogP contribution in [-0.2, 0) is 9.53 Å². The fraction of sp³-hybridized carbons (Fsp3) is 0.818. The summed E-state index contributed by atoms with van der Waals surface area (Å²) in [5.41, 5.74) is -2.03. The average molecular weight is 213 g/mol. The van der Waals surface area contributed by atoms with Crippen LogP contribution in [0.1, 0.15) is 40.5 Å². The molecule has 0 radical (unpaired) electrons. The predicted octanol–water partition coefficient (Wildman–Crippen LogP) is 1.63. The Hall–Kier alpha value is -1.08. The second kappa shape index (κ2) is 5.13. The third-order valence-electron chi connectivity index (χ3n) is 2.21. The Bertz CT molecular complexity index is 262. The number of hydrogen-bond acceptors (Lipinski definition) is 4. The molecule has 86 valence electrons. The van der Waals surface area contributed by atoms with Crippen LogP contribution in [0.3, 0.4) is 0 Å². The minimum Gasteiger partial charge on any atom is -0.465 e. The fourth-order valence-electron chi connectivity index (χ4n) is 1.05. The molecule has 1 N–H and O–H groups in total. The largest absolute Gasteiger partial charge is 0.465 e. The zero-order chi connectivity index (χ0) is 12.1. The van der Waals surface area contributed by atoms with Crippen LogP contribution < -0.4 is 0 Å². The number of ether oxygens (including phenoxy) is 1. The van der Waals surface area contributed by atoms with Crippen molar-refractivity contribution in [1.82, 2.24) is 0 Å². The van der Waals surface area contributed by atoms with Crippen molar-refractivity contribution in [2.24, 2.45) is 5.41 Å². The second-order valence-corrected chi connectivity index (χ2v) is 4.48. The molecule has 0 aliphatic rings. The van der Waals surface area contributed by atoms with Crippen molar-refractivity contribution < 1.29 is 14.6 Å². The first-order valence-corrected chi connectivity index (χ1v) is 5.06. The van der Waals surface area contributed by atoms with Gasteiger partial charge in [-0.2, -0.15) is 5.26 Å². The molecular weight excluding hydrogens is 194 g/mol. The molecule has 0 aliphatic heterocycles. The summed E-state index contributed by atoms with van der Waals surface area (Å²) >= 11 is 0. The molecule has 1 atom stereocenters. The van der Waals surface area contributed by atoms with Crippen molar-refractivity contribution in [3.8, 4) is 6.07 Å². The molecule has 0 spiro atoms. The minimum atomic E-state index is -1.16. The zero-order valence-electron chi connectivity index (χ0n) is 9.83. The molecule has 0 amide bonds. The number of aliphatic hydroxyl groups is 1. The molecule has 1 unspecified atom stereocenters. The predicted molar refractivity (Wildman–Crippen MR) is 55.9 cm³/mol. The van der Waals surface area contributed by atoms with E-state index in [1.165, 1.54) is 6.92 Å². The van der Waals surface area contributed by atoms with E-state index in [9.17, 15) is 9.90 Å². The number of hydrogen-bond donors (Lipinski definition) is 1. The van der Waals surface area contributed by atoms with E-state index in [1.807, 2.05) is 6.07 Å². The maximum atomic E-state index is 11.5. The Morgan fingerprint density at radius 3 is 2.27 bits per heavy atom. The van der Waals surface area contributed by atoms with E-state index < -0.39 is 17.0 Å². The number of nitriles is 1. The topological polar surface area (TPSA) is 70.3 Å². The van der Waals surface area contributed by atoms with Crippen molar-refractivity contribution >= 4 is 5.97 Å². The van der Waals surface area contributed by atoms with Crippen LogP contribution in [0.15, 0.2) is 0 Å². The van der Waals surface area contributed by atoms with Crippen molar-refractivity contribution in [2.45, 2.75) is 46.1 Å². The van der Waals surface area contributed by atoms with Gasteiger partial charge < -0.3 is 9.84 Å². The number of nitrogens with zero attached hydrogens (tertiary/aromatic N) is 1. The molecular formula is C11H19NO3. The highest BCUT2D eigenvalue weighted by atomic mass is 16.5. The van der Waals surface area contributed by atoms with Crippen LogP contribution in [0.25, 0.3) is 0 Å². The summed E-state index contributed by atoms with van der Waals surface area (Å²) in [6.07, 6.45) is 0.682. The Labute approximate surface area is 90.9 Å². The maximum Gasteiger partial charge on any atom is 0.326 e. The molecule has 0 saturated heterocycles. The van der Waals surface area contributed by atoms with E-state index in [4.69, 9.17) is 10.00 Å². The average Bonchev–Trinajstić information content (AvgIpc) is 2.13. The maximum absolute atomic E-state index is 11.5. The van der Waals surface area contributed by atoms with Crippen molar-refractivity contribution in [3.63, 3.8) is 0 Å². The smallest absolute Gasteiger partial charge is 0.326 e. The van der Waals surface area contributed by atoms with Gasteiger partial charge in [-0.05, 0) is 40.5 Å². The molecule has 0 aromatic carbocycles. The molecule has 0 heterocycles. The first-order valence-electron chi connectivity index (χ1n) is 5.06. The summed E-state index contributed by atoms with van der Waals surface area (Å²) in [5.74, 6) is -0.517. The number of esters is 1. The highest BCUT2D eigenvalue weighted by molar-refractivity contribution is 5.79. The molecule has 0 aromatic heterocycles. The minimum absolute atomic E-state index is 0.263. The van der Waals surface area contributed by atoms with Crippen LogP contribution in [0.2, 0.25) is 0 Å². The van der Waals surface area contributed by atoms with Gasteiger partial charge in [0, 0.05) is 0 Å². The van der Waals surface area contributed by atoms with E-state index in [2.05, 4.69) is 0 Å². The third kappa shape index (κ3) is 4.80. The van der Waals surface area contributed by atoms with Crippen LogP contribution in [0.4, 0.5) is 0 Å².